The fourth-order valence-corrected chi connectivity index (χ4v) is 3.41. The standard InChI is InChI=1S/C12H14Br2N2O/c1-7(16-9-5-12(17)15-6-9)10-3-2-8(13)4-11(10)14/h2-4,7,9,16H,5-6H2,1H3,(H,15,17). The summed E-state index contributed by atoms with van der Waals surface area (Å²) in [6, 6.07) is 6.58. The van der Waals surface area contributed by atoms with Crippen molar-refractivity contribution in [2.75, 3.05) is 6.54 Å². The van der Waals surface area contributed by atoms with E-state index in [1.54, 1.807) is 0 Å². The van der Waals surface area contributed by atoms with Gasteiger partial charge in [0.25, 0.3) is 0 Å². The van der Waals surface area contributed by atoms with Crippen molar-refractivity contribution in [2.24, 2.45) is 0 Å². The van der Waals surface area contributed by atoms with Gasteiger partial charge in [0.15, 0.2) is 0 Å². The van der Waals surface area contributed by atoms with Crippen LogP contribution in [0.15, 0.2) is 27.1 Å². The van der Waals surface area contributed by atoms with Crippen LogP contribution in [-0.4, -0.2) is 18.5 Å². The Morgan fingerprint density at radius 3 is 2.82 bits per heavy atom. The number of hydrogen-bond acceptors (Lipinski definition) is 2. The van der Waals surface area contributed by atoms with Crippen LogP contribution >= 0.6 is 31.9 Å². The summed E-state index contributed by atoms with van der Waals surface area (Å²) in [5, 5.41) is 6.29. The maximum absolute atomic E-state index is 11.1. The molecule has 2 unspecified atom stereocenters. The van der Waals surface area contributed by atoms with Gasteiger partial charge in [-0.1, -0.05) is 37.9 Å². The highest BCUT2D eigenvalue weighted by Gasteiger charge is 2.23. The van der Waals surface area contributed by atoms with Crippen molar-refractivity contribution in [3.63, 3.8) is 0 Å². The number of benzene rings is 1. The highest BCUT2D eigenvalue weighted by Crippen LogP contribution is 2.27. The van der Waals surface area contributed by atoms with Crippen molar-refractivity contribution in [3.05, 3.63) is 32.7 Å². The summed E-state index contributed by atoms with van der Waals surface area (Å²) in [5.41, 5.74) is 1.20. The first-order chi connectivity index (χ1) is 8.06. The van der Waals surface area contributed by atoms with Crippen molar-refractivity contribution in [2.45, 2.75) is 25.4 Å². The SMILES string of the molecule is CC(NC1CNC(=O)C1)c1ccc(Br)cc1Br. The van der Waals surface area contributed by atoms with Gasteiger partial charge in [-0.3, -0.25) is 4.79 Å². The highest BCUT2D eigenvalue weighted by atomic mass is 79.9. The average molecular weight is 362 g/mol. The molecule has 1 saturated heterocycles. The largest absolute Gasteiger partial charge is 0.354 e. The van der Waals surface area contributed by atoms with E-state index in [0.717, 1.165) is 15.5 Å². The smallest absolute Gasteiger partial charge is 0.221 e. The van der Waals surface area contributed by atoms with E-state index in [9.17, 15) is 4.79 Å². The number of carbonyl (C=O) groups excluding carboxylic acids is 1. The molecular weight excluding hydrogens is 348 g/mol. The molecule has 1 aliphatic heterocycles. The Balaban J connectivity index is 2.04. The average Bonchev–Trinajstić information content (AvgIpc) is 2.63. The van der Waals surface area contributed by atoms with Gasteiger partial charge in [-0.25, -0.2) is 0 Å². The molecular formula is C12H14Br2N2O. The molecule has 1 aromatic rings. The van der Waals surface area contributed by atoms with Crippen LogP contribution in [0.1, 0.15) is 24.9 Å². The summed E-state index contributed by atoms with van der Waals surface area (Å²) < 4.78 is 2.13. The topological polar surface area (TPSA) is 41.1 Å². The van der Waals surface area contributed by atoms with Crippen LogP contribution in [0.4, 0.5) is 0 Å². The second-order valence-electron chi connectivity index (χ2n) is 4.26. The fraction of sp³-hybridized carbons (Fsp3) is 0.417. The van der Waals surface area contributed by atoms with E-state index in [0.29, 0.717) is 6.42 Å². The highest BCUT2D eigenvalue weighted by molar-refractivity contribution is 9.11. The maximum Gasteiger partial charge on any atom is 0.221 e. The molecule has 92 valence electrons. The lowest BCUT2D eigenvalue weighted by atomic mass is 10.1. The Labute approximate surface area is 118 Å². The van der Waals surface area contributed by atoms with Crippen molar-refractivity contribution < 1.29 is 4.79 Å². The lowest BCUT2D eigenvalue weighted by molar-refractivity contribution is -0.119. The number of hydrogen-bond donors (Lipinski definition) is 2. The molecule has 0 radical (unpaired) electrons. The molecule has 0 spiro atoms. The Hall–Kier alpha value is -0.390. The van der Waals surface area contributed by atoms with Gasteiger partial charge < -0.3 is 10.6 Å². The first kappa shape index (κ1) is 13.1. The summed E-state index contributed by atoms with van der Waals surface area (Å²) in [6.07, 6.45) is 0.568. The molecule has 0 aliphatic carbocycles. The van der Waals surface area contributed by atoms with Crippen LogP contribution in [0.2, 0.25) is 0 Å². The van der Waals surface area contributed by atoms with E-state index < -0.39 is 0 Å². The molecule has 1 heterocycles. The summed E-state index contributed by atoms with van der Waals surface area (Å²) in [5.74, 6) is 0.129. The molecule has 17 heavy (non-hydrogen) atoms. The monoisotopic (exact) mass is 360 g/mol. The first-order valence-corrected chi connectivity index (χ1v) is 7.12. The van der Waals surface area contributed by atoms with E-state index >= 15 is 0 Å². The molecule has 1 aliphatic rings. The van der Waals surface area contributed by atoms with E-state index in [-0.39, 0.29) is 18.0 Å². The zero-order valence-corrected chi connectivity index (χ0v) is 12.6. The van der Waals surface area contributed by atoms with Gasteiger partial charge in [-0.15, -0.1) is 0 Å². The van der Waals surface area contributed by atoms with Gasteiger partial charge in [-0.05, 0) is 24.6 Å². The van der Waals surface area contributed by atoms with E-state index in [4.69, 9.17) is 0 Å². The lowest BCUT2D eigenvalue weighted by Gasteiger charge is -2.19. The second-order valence-corrected chi connectivity index (χ2v) is 6.03. The Bertz CT molecular complexity index is 437. The maximum atomic E-state index is 11.1. The predicted octanol–water partition coefficient (Wildman–Crippen LogP) is 2.75. The van der Waals surface area contributed by atoms with Crippen LogP contribution in [0.3, 0.4) is 0 Å². The third-order valence-electron chi connectivity index (χ3n) is 2.89. The van der Waals surface area contributed by atoms with Crippen LogP contribution in [-0.2, 0) is 4.79 Å². The normalized spacial score (nSPS) is 21.4. The molecule has 1 fully saturated rings. The summed E-state index contributed by atoms with van der Waals surface area (Å²) >= 11 is 6.99. The van der Waals surface area contributed by atoms with E-state index in [1.165, 1.54) is 5.56 Å². The van der Waals surface area contributed by atoms with E-state index in [1.807, 2.05) is 12.1 Å². The van der Waals surface area contributed by atoms with Gasteiger partial charge in [0.1, 0.15) is 0 Å². The molecule has 0 bridgehead atoms. The van der Waals surface area contributed by atoms with Crippen LogP contribution < -0.4 is 10.6 Å². The predicted molar refractivity (Wildman–Crippen MR) is 74.8 cm³/mol. The number of halogens is 2. The van der Waals surface area contributed by atoms with Crippen molar-refractivity contribution >= 4 is 37.8 Å². The number of rotatable bonds is 3. The number of carbonyl (C=O) groups is 1. The van der Waals surface area contributed by atoms with Gasteiger partial charge in [0, 0.05) is 34.0 Å². The van der Waals surface area contributed by atoms with Crippen LogP contribution in [0.25, 0.3) is 0 Å². The van der Waals surface area contributed by atoms with Crippen molar-refractivity contribution in [1.82, 2.24) is 10.6 Å². The van der Waals surface area contributed by atoms with Gasteiger partial charge >= 0.3 is 0 Å². The molecule has 0 aromatic heterocycles. The zero-order valence-electron chi connectivity index (χ0n) is 9.47. The second kappa shape index (κ2) is 5.50. The number of nitrogens with one attached hydrogen (secondary N) is 2. The Morgan fingerprint density at radius 1 is 1.47 bits per heavy atom. The van der Waals surface area contributed by atoms with E-state index in [2.05, 4.69) is 55.5 Å². The third-order valence-corrected chi connectivity index (χ3v) is 4.07. The molecule has 5 heteroatoms. The minimum absolute atomic E-state index is 0.129. The van der Waals surface area contributed by atoms with Crippen LogP contribution in [0, 0.1) is 0 Å². The summed E-state index contributed by atoms with van der Waals surface area (Å²) in [4.78, 5) is 11.1. The first-order valence-electron chi connectivity index (χ1n) is 5.54. The quantitative estimate of drug-likeness (QED) is 0.869. The van der Waals surface area contributed by atoms with Crippen molar-refractivity contribution in [1.29, 1.82) is 0 Å². The molecule has 1 amide bonds. The van der Waals surface area contributed by atoms with Crippen molar-refractivity contribution in [3.8, 4) is 0 Å². The molecule has 2 atom stereocenters. The summed E-state index contributed by atoms with van der Waals surface area (Å²) in [7, 11) is 0. The van der Waals surface area contributed by atoms with Gasteiger partial charge in [0.05, 0.1) is 0 Å². The Kier molecular flexibility index (Phi) is 4.22. The molecule has 1 aromatic carbocycles. The third kappa shape index (κ3) is 3.30. The molecule has 0 saturated carbocycles. The lowest BCUT2D eigenvalue weighted by Crippen LogP contribution is -2.33. The van der Waals surface area contributed by atoms with Gasteiger partial charge in [0.2, 0.25) is 5.91 Å². The Morgan fingerprint density at radius 2 is 2.24 bits per heavy atom. The minimum atomic E-state index is 0.129. The van der Waals surface area contributed by atoms with Gasteiger partial charge in [-0.2, -0.15) is 0 Å². The summed E-state index contributed by atoms with van der Waals surface area (Å²) in [6.45, 7) is 2.83. The minimum Gasteiger partial charge on any atom is -0.354 e. The zero-order chi connectivity index (χ0) is 12.4. The molecule has 2 rings (SSSR count). The number of amides is 1. The molecule has 3 nitrogen and oxygen atoms in total. The fourth-order valence-electron chi connectivity index (χ4n) is 2.02. The molecule has 2 N–H and O–H groups in total. The van der Waals surface area contributed by atoms with Crippen LogP contribution in [0.5, 0.6) is 0 Å².